The highest BCUT2D eigenvalue weighted by atomic mass is 19.1. The molecule has 0 radical (unpaired) electrons. The van der Waals surface area contributed by atoms with E-state index in [-0.39, 0.29) is 36.3 Å². The first kappa shape index (κ1) is 25.2. The lowest BCUT2D eigenvalue weighted by molar-refractivity contribution is -0.151. The summed E-state index contributed by atoms with van der Waals surface area (Å²) in [6.07, 6.45) is 3.20. The zero-order chi connectivity index (χ0) is 27.3. The smallest absolute Gasteiger partial charge is 0.276 e. The van der Waals surface area contributed by atoms with Crippen LogP contribution >= 0.6 is 0 Å². The number of aromatic nitrogens is 1. The minimum atomic E-state index is -0.993. The van der Waals surface area contributed by atoms with E-state index in [1.54, 1.807) is 4.90 Å². The second kappa shape index (κ2) is 9.92. The van der Waals surface area contributed by atoms with Crippen molar-refractivity contribution < 1.29 is 28.2 Å². The summed E-state index contributed by atoms with van der Waals surface area (Å²) in [5, 5.41) is 13.2. The highest BCUT2D eigenvalue weighted by molar-refractivity contribution is 5.99. The number of hydrogen-bond donors (Lipinski definition) is 2. The van der Waals surface area contributed by atoms with Crippen LogP contribution in [0, 0.1) is 17.6 Å². The Hall–Kier alpha value is -4.05. The molecule has 39 heavy (non-hydrogen) atoms. The molecular formula is C29H27F2N3O5. The first-order valence-corrected chi connectivity index (χ1v) is 13.0. The zero-order valence-corrected chi connectivity index (χ0v) is 21.0. The minimum absolute atomic E-state index is 0.0324. The van der Waals surface area contributed by atoms with Crippen LogP contribution in [-0.2, 0) is 17.8 Å². The minimum Gasteiger partial charge on any atom is -0.503 e. The molecule has 1 aromatic heterocycles. The van der Waals surface area contributed by atoms with E-state index in [0.29, 0.717) is 18.6 Å². The van der Waals surface area contributed by atoms with E-state index in [0.717, 1.165) is 25.3 Å². The van der Waals surface area contributed by atoms with Gasteiger partial charge in [-0.3, -0.25) is 14.4 Å². The van der Waals surface area contributed by atoms with Crippen molar-refractivity contribution in [2.45, 2.75) is 50.5 Å². The molecule has 1 saturated heterocycles. The lowest BCUT2D eigenvalue weighted by Crippen LogP contribution is -2.62. The number of nitrogens with one attached hydrogen (secondary N) is 1. The first-order chi connectivity index (χ1) is 18.8. The van der Waals surface area contributed by atoms with Crippen molar-refractivity contribution >= 4 is 11.8 Å². The first-order valence-electron chi connectivity index (χ1n) is 13.0. The molecule has 1 saturated carbocycles. The number of carbonyl (C=O) groups is 2. The van der Waals surface area contributed by atoms with Crippen molar-refractivity contribution in [3.63, 3.8) is 0 Å². The Labute approximate surface area is 222 Å². The summed E-state index contributed by atoms with van der Waals surface area (Å²) < 4.78 is 34.6. The van der Waals surface area contributed by atoms with Crippen LogP contribution in [0.3, 0.4) is 0 Å². The van der Waals surface area contributed by atoms with E-state index in [9.17, 15) is 28.3 Å². The van der Waals surface area contributed by atoms with Crippen LogP contribution in [0.2, 0.25) is 0 Å². The van der Waals surface area contributed by atoms with E-state index in [1.165, 1.54) is 22.4 Å². The largest absolute Gasteiger partial charge is 0.503 e. The van der Waals surface area contributed by atoms with Gasteiger partial charge in [0, 0.05) is 36.3 Å². The summed E-state index contributed by atoms with van der Waals surface area (Å²) in [5.41, 5.74) is -0.258. The van der Waals surface area contributed by atoms with E-state index in [1.807, 2.05) is 18.2 Å². The SMILES string of the molecule is O=C(NCc1ccc(F)cc1F)c1cn2c(c(O)c1=O)C(=O)N1C(C2)OCC2CC(c3ccccc3)CCC21. The number of amides is 2. The summed E-state index contributed by atoms with van der Waals surface area (Å²) >= 11 is 0. The number of benzene rings is 2. The second-order valence-corrected chi connectivity index (χ2v) is 10.4. The Morgan fingerprint density at radius 3 is 2.67 bits per heavy atom. The number of hydrogen-bond acceptors (Lipinski definition) is 5. The Morgan fingerprint density at radius 1 is 1.10 bits per heavy atom. The quantitative estimate of drug-likeness (QED) is 0.533. The fraction of sp³-hybridized carbons (Fsp3) is 0.345. The molecule has 2 fully saturated rings. The van der Waals surface area contributed by atoms with Gasteiger partial charge in [0.25, 0.3) is 11.8 Å². The molecule has 2 aliphatic heterocycles. The molecule has 4 atom stereocenters. The van der Waals surface area contributed by atoms with E-state index in [2.05, 4.69) is 17.4 Å². The van der Waals surface area contributed by atoms with Crippen LogP contribution in [-0.4, -0.2) is 45.3 Å². The molecule has 4 unspecified atom stereocenters. The van der Waals surface area contributed by atoms with Crippen molar-refractivity contribution in [2.24, 2.45) is 5.92 Å². The number of ether oxygens (including phenoxy) is 1. The third-order valence-electron chi connectivity index (χ3n) is 8.13. The van der Waals surface area contributed by atoms with Crippen molar-refractivity contribution in [3.05, 3.63) is 99.0 Å². The fourth-order valence-electron chi connectivity index (χ4n) is 6.18. The molecule has 2 amide bonds. The van der Waals surface area contributed by atoms with Crippen LogP contribution in [0.1, 0.15) is 57.2 Å². The maximum atomic E-state index is 13.9. The molecule has 10 heteroatoms. The van der Waals surface area contributed by atoms with Crippen LogP contribution in [0.15, 0.2) is 59.5 Å². The van der Waals surface area contributed by atoms with Crippen molar-refractivity contribution in [2.75, 3.05) is 6.61 Å². The van der Waals surface area contributed by atoms with Gasteiger partial charge in [0.1, 0.15) is 17.2 Å². The Bertz CT molecular complexity index is 1510. The molecule has 3 aliphatic rings. The number of fused-ring (bicyclic) bond motifs is 4. The molecule has 202 valence electrons. The van der Waals surface area contributed by atoms with Crippen molar-refractivity contribution in [1.29, 1.82) is 0 Å². The number of aromatic hydroxyl groups is 1. The van der Waals surface area contributed by atoms with E-state index >= 15 is 0 Å². The maximum Gasteiger partial charge on any atom is 0.276 e. The average Bonchev–Trinajstić information content (AvgIpc) is 2.94. The fourth-order valence-corrected chi connectivity index (χ4v) is 6.18. The molecule has 8 nitrogen and oxygen atoms in total. The van der Waals surface area contributed by atoms with E-state index in [4.69, 9.17) is 4.74 Å². The lowest BCUT2D eigenvalue weighted by atomic mass is 9.74. The topological polar surface area (TPSA) is 101 Å². The molecule has 3 heterocycles. The molecule has 6 rings (SSSR count). The molecule has 1 aliphatic carbocycles. The maximum absolute atomic E-state index is 13.9. The molecule has 2 aromatic carbocycles. The number of nitrogens with zero attached hydrogens (tertiary/aromatic N) is 2. The Balaban J connectivity index is 1.23. The summed E-state index contributed by atoms with van der Waals surface area (Å²) in [6, 6.07) is 13.1. The molecule has 0 bridgehead atoms. The van der Waals surface area contributed by atoms with Crippen molar-refractivity contribution in [1.82, 2.24) is 14.8 Å². The molecule has 3 aromatic rings. The normalized spacial score (nSPS) is 23.9. The highest BCUT2D eigenvalue weighted by Gasteiger charge is 2.48. The zero-order valence-electron chi connectivity index (χ0n) is 21.0. The van der Waals surface area contributed by atoms with Gasteiger partial charge in [0.05, 0.1) is 13.2 Å². The van der Waals surface area contributed by atoms with Gasteiger partial charge in [-0.1, -0.05) is 36.4 Å². The molecule has 0 spiro atoms. The second-order valence-electron chi connectivity index (χ2n) is 10.4. The van der Waals surface area contributed by atoms with E-state index < -0.39 is 46.4 Å². The van der Waals surface area contributed by atoms with Gasteiger partial charge in [-0.15, -0.1) is 0 Å². The summed E-state index contributed by atoms with van der Waals surface area (Å²) in [4.78, 5) is 41.0. The number of rotatable bonds is 4. The van der Waals surface area contributed by atoms with Crippen LogP contribution in [0.4, 0.5) is 8.78 Å². The van der Waals surface area contributed by atoms with Crippen LogP contribution in [0.25, 0.3) is 0 Å². The van der Waals surface area contributed by atoms with Gasteiger partial charge < -0.3 is 24.6 Å². The summed E-state index contributed by atoms with van der Waals surface area (Å²) in [6.45, 7) is 0.339. The predicted molar refractivity (Wildman–Crippen MR) is 136 cm³/mol. The number of halogens is 2. The van der Waals surface area contributed by atoms with Gasteiger partial charge in [0.15, 0.2) is 17.7 Å². The average molecular weight is 536 g/mol. The van der Waals surface area contributed by atoms with Crippen LogP contribution < -0.4 is 10.7 Å². The van der Waals surface area contributed by atoms with Crippen molar-refractivity contribution in [3.8, 4) is 5.75 Å². The third kappa shape index (κ3) is 4.48. The third-order valence-corrected chi connectivity index (χ3v) is 8.13. The van der Waals surface area contributed by atoms with Gasteiger partial charge in [-0.05, 0) is 36.8 Å². The van der Waals surface area contributed by atoms with Gasteiger partial charge in [-0.2, -0.15) is 0 Å². The van der Waals surface area contributed by atoms with Gasteiger partial charge >= 0.3 is 0 Å². The predicted octanol–water partition coefficient (Wildman–Crippen LogP) is 3.53. The number of pyridine rings is 1. The number of carbonyl (C=O) groups excluding carboxylic acids is 2. The van der Waals surface area contributed by atoms with Gasteiger partial charge in [-0.25, -0.2) is 8.78 Å². The summed E-state index contributed by atoms with van der Waals surface area (Å²) in [7, 11) is 0. The standard InChI is InChI=1S/C29H27F2N3O5/c30-20-8-6-18(22(31)11-20)12-32-28(37)21-13-33-14-24-34(29(38)25(33)27(36)26(21)35)23-9-7-17(10-19(23)15-39-24)16-4-2-1-3-5-16/h1-6,8,11,13,17,19,23-24,36H,7,9-10,12,14-15H2,(H,32,37). The monoisotopic (exact) mass is 535 g/mol. The van der Waals surface area contributed by atoms with Gasteiger partial charge in [0.2, 0.25) is 5.43 Å². The van der Waals surface area contributed by atoms with Crippen LogP contribution in [0.5, 0.6) is 5.75 Å². The Kier molecular flexibility index (Phi) is 6.42. The molecular weight excluding hydrogens is 508 g/mol. The molecule has 2 N–H and O–H groups in total. The summed E-state index contributed by atoms with van der Waals surface area (Å²) in [5.74, 6) is -3.25. The highest BCUT2D eigenvalue weighted by Crippen LogP contribution is 2.43. The lowest BCUT2D eigenvalue weighted by Gasteiger charge is -2.51. The Morgan fingerprint density at radius 2 is 1.90 bits per heavy atom.